The molecule has 0 aliphatic carbocycles. The molecule has 4 rings (SSSR count). The van der Waals surface area contributed by atoms with Crippen molar-refractivity contribution >= 4 is 16.9 Å². The Labute approximate surface area is 174 Å². The number of carbonyl (C=O) groups is 1. The number of carbonyl (C=O) groups excluding carboxylic acids is 1. The quantitative estimate of drug-likeness (QED) is 0.496. The number of pyridine rings is 1. The molecule has 0 radical (unpaired) electrons. The van der Waals surface area contributed by atoms with Gasteiger partial charge in [-0.25, -0.2) is 9.67 Å². The first-order valence-corrected chi connectivity index (χ1v) is 9.64. The Balaban J connectivity index is 1.74. The minimum absolute atomic E-state index is 0.0983. The lowest BCUT2D eigenvalue weighted by Gasteiger charge is -2.18. The number of hydrogen-bond donors (Lipinski definition) is 0. The fraction of sp³-hybridized carbons (Fsp3) is 0.217. The van der Waals surface area contributed by atoms with Gasteiger partial charge in [0.25, 0.3) is 5.91 Å². The summed E-state index contributed by atoms with van der Waals surface area (Å²) in [7, 11) is 1.76. The first-order valence-electron chi connectivity index (χ1n) is 9.64. The third-order valence-corrected chi connectivity index (χ3v) is 4.91. The summed E-state index contributed by atoms with van der Waals surface area (Å²) in [6, 6.07) is 14.8. The third kappa shape index (κ3) is 3.55. The van der Waals surface area contributed by atoms with Crippen molar-refractivity contribution < 1.29 is 9.21 Å². The van der Waals surface area contributed by atoms with Crippen LogP contribution in [-0.4, -0.2) is 32.6 Å². The fourth-order valence-electron chi connectivity index (χ4n) is 3.36. The lowest BCUT2D eigenvalue weighted by molar-refractivity contribution is 0.0787. The Hall–Kier alpha value is -3.92. The number of amides is 1. The maximum Gasteiger partial charge on any atom is 0.254 e. The summed E-state index contributed by atoms with van der Waals surface area (Å²) in [5.41, 5.74) is 3.29. The molecule has 0 saturated carbocycles. The second-order valence-corrected chi connectivity index (χ2v) is 7.42. The predicted molar refractivity (Wildman–Crippen MR) is 113 cm³/mol. The summed E-state index contributed by atoms with van der Waals surface area (Å²) in [6.07, 6.45) is 3.27. The van der Waals surface area contributed by atoms with Crippen LogP contribution in [-0.2, 0) is 6.54 Å². The fourth-order valence-corrected chi connectivity index (χ4v) is 3.36. The largest absolute Gasteiger partial charge is 0.463 e. The number of aromatic nitrogens is 3. The van der Waals surface area contributed by atoms with Gasteiger partial charge in [-0.2, -0.15) is 10.4 Å². The van der Waals surface area contributed by atoms with Gasteiger partial charge in [-0.05, 0) is 49.7 Å². The van der Waals surface area contributed by atoms with Crippen LogP contribution in [0.2, 0.25) is 0 Å². The molecule has 0 unspecified atom stereocenters. The Bertz CT molecular complexity index is 1230. The average Bonchev–Trinajstić information content (AvgIpc) is 3.43. The highest BCUT2D eigenvalue weighted by atomic mass is 16.3. The molecule has 0 fully saturated rings. The van der Waals surface area contributed by atoms with Crippen molar-refractivity contribution in [2.24, 2.45) is 0 Å². The molecule has 0 spiro atoms. The van der Waals surface area contributed by atoms with Crippen molar-refractivity contribution in [3.63, 3.8) is 0 Å². The van der Waals surface area contributed by atoms with Crippen molar-refractivity contribution in [2.45, 2.75) is 26.4 Å². The molecule has 4 aromatic rings. The van der Waals surface area contributed by atoms with E-state index in [1.54, 1.807) is 53.4 Å². The molecular weight excluding hydrogens is 378 g/mol. The highest BCUT2D eigenvalue weighted by molar-refractivity contribution is 6.06. The molecule has 0 atom stereocenters. The zero-order chi connectivity index (χ0) is 21.3. The number of nitriles is 1. The highest BCUT2D eigenvalue weighted by Gasteiger charge is 2.21. The van der Waals surface area contributed by atoms with Gasteiger partial charge in [-0.1, -0.05) is 12.1 Å². The number of benzene rings is 1. The smallest absolute Gasteiger partial charge is 0.254 e. The first kappa shape index (κ1) is 19.4. The number of nitrogens with zero attached hydrogens (tertiary/aromatic N) is 5. The van der Waals surface area contributed by atoms with Gasteiger partial charge in [0, 0.05) is 19.6 Å². The van der Waals surface area contributed by atoms with Crippen molar-refractivity contribution in [1.29, 1.82) is 5.26 Å². The zero-order valence-corrected chi connectivity index (χ0v) is 17.0. The second-order valence-electron chi connectivity index (χ2n) is 7.42. The highest BCUT2D eigenvalue weighted by Crippen LogP contribution is 2.27. The molecule has 7 heteroatoms. The molecule has 30 heavy (non-hydrogen) atoms. The van der Waals surface area contributed by atoms with Crippen LogP contribution in [0, 0.1) is 11.3 Å². The van der Waals surface area contributed by atoms with Crippen LogP contribution < -0.4 is 0 Å². The van der Waals surface area contributed by atoms with Crippen molar-refractivity contribution in [3.05, 3.63) is 71.6 Å². The van der Waals surface area contributed by atoms with E-state index < -0.39 is 0 Å². The first-order chi connectivity index (χ1) is 14.5. The molecule has 1 amide bonds. The molecule has 0 aliphatic heterocycles. The SMILES string of the molecule is CC(C)n1ncc2c(C(=O)N(C)Cc3ccc(C#N)cc3)cc(-c3ccco3)nc21. The summed E-state index contributed by atoms with van der Waals surface area (Å²) in [6.45, 7) is 4.46. The summed E-state index contributed by atoms with van der Waals surface area (Å²) in [5.74, 6) is 0.458. The normalized spacial score (nSPS) is 11.0. The monoisotopic (exact) mass is 399 g/mol. The lowest BCUT2D eigenvalue weighted by Crippen LogP contribution is -2.26. The molecule has 0 saturated heterocycles. The summed E-state index contributed by atoms with van der Waals surface area (Å²) in [4.78, 5) is 19.7. The Morgan fingerprint density at radius 1 is 1.27 bits per heavy atom. The Morgan fingerprint density at radius 3 is 2.67 bits per heavy atom. The topological polar surface area (TPSA) is 88.0 Å². The minimum atomic E-state index is -0.136. The average molecular weight is 399 g/mol. The standard InChI is InChI=1S/C23H21N5O2/c1-15(2)28-22-19(13-25-28)18(11-20(26-22)21-5-4-10-30-21)23(29)27(3)14-17-8-6-16(12-24)7-9-17/h4-11,13,15H,14H2,1-3H3. The van der Waals surface area contributed by atoms with Gasteiger partial charge in [0.1, 0.15) is 5.69 Å². The lowest BCUT2D eigenvalue weighted by atomic mass is 10.1. The number of rotatable bonds is 5. The van der Waals surface area contributed by atoms with Gasteiger partial charge in [0.05, 0.1) is 35.0 Å². The Kier molecular flexibility index (Phi) is 5.07. The van der Waals surface area contributed by atoms with Gasteiger partial charge >= 0.3 is 0 Å². The van der Waals surface area contributed by atoms with E-state index in [0.717, 1.165) is 5.56 Å². The summed E-state index contributed by atoms with van der Waals surface area (Å²) in [5, 5.41) is 14.1. The second kappa shape index (κ2) is 7.84. The molecule has 0 aliphatic rings. The maximum absolute atomic E-state index is 13.4. The predicted octanol–water partition coefficient (Wildman–Crippen LogP) is 4.42. The maximum atomic E-state index is 13.4. The van der Waals surface area contributed by atoms with Gasteiger partial charge in [-0.15, -0.1) is 0 Å². The summed E-state index contributed by atoms with van der Waals surface area (Å²) >= 11 is 0. The van der Waals surface area contributed by atoms with Gasteiger partial charge in [0.2, 0.25) is 0 Å². The van der Waals surface area contributed by atoms with Gasteiger partial charge in [-0.3, -0.25) is 4.79 Å². The van der Waals surface area contributed by atoms with E-state index in [1.807, 2.05) is 32.0 Å². The zero-order valence-electron chi connectivity index (χ0n) is 17.0. The molecule has 0 bridgehead atoms. The van der Waals surface area contributed by atoms with Crippen molar-refractivity contribution in [3.8, 4) is 17.5 Å². The van der Waals surface area contributed by atoms with Gasteiger partial charge in [0.15, 0.2) is 11.4 Å². The van der Waals surface area contributed by atoms with E-state index in [-0.39, 0.29) is 11.9 Å². The number of hydrogen-bond acceptors (Lipinski definition) is 5. The van der Waals surface area contributed by atoms with Crippen LogP contribution in [0.25, 0.3) is 22.5 Å². The van der Waals surface area contributed by atoms with Crippen LogP contribution in [0.1, 0.15) is 41.4 Å². The molecule has 150 valence electrons. The minimum Gasteiger partial charge on any atom is -0.463 e. The van der Waals surface area contributed by atoms with Crippen molar-refractivity contribution in [2.75, 3.05) is 7.05 Å². The van der Waals surface area contributed by atoms with Crippen LogP contribution in [0.15, 0.2) is 59.3 Å². The molecule has 7 nitrogen and oxygen atoms in total. The van der Waals surface area contributed by atoms with E-state index in [1.165, 1.54) is 0 Å². The van der Waals surface area contributed by atoms with Gasteiger partial charge < -0.3 is 9.32 Å². The van der Waals surface area contributed by atoms with Crippen LogP contribution in [0.4, 0.5) is 0 Å². The molecule has 1 aromatic carbocycles. The van der Waals surface area contributed by atoms with Crippen LogP contribution in [0.5, 0.6) is 0 Å². The molecule has 3 heterocycles. The van der Waals surface area contributed by atoms with E-state index in [9.17, 15) is 4.79 Å². The molecular formula is C23H21N5O2. The van der Waals surface area contributed by atoms with Crippen LogP contribution >= 0.6 is 0 Å². The van der Waals surface area contributed by atoms with Crippen LogP contribution in [0.3, 0.4) is 0 Å². The number of fused-ring (bicyclic) bond motifs is 1. The van der Waals surface area contributed by atoms with E-state index in [0.29, 0.717) is 40.2 Å². The molecule has 3 aromatic heterocycles. The molecule has 0 N–H and O–H groups in total. The third-order valence-electron chi connectivity index (χ3n) is 4.91. The van der Waals surface area contributed by atoms with E-state index in [4.69, 9.17) is 14.7 Å². The number of furan rings is 1. The summed E-state index contributed by atoms with van der Waals surface area (Å²) < 4.78 is 7.32. The van der Waals surface area contributed by atoms with E-state index in [2.05, 4.69) is 11.2 Å². The van der Waals surface area contributed by atoms with E-state index >= 15 is 0 Å². The Morgan fingerprint density at radius 2 is 2.03 bits per heavy atom. The van der Waals surface area contributed by atoms with Crippen molar-refractivity contribution in [1.82, 2.24) is 19.7 Å².